The molecule has 0 atom stereocenters. The van der Waals surface area contributed by atoms with E-state index in [0.717, 1.165) is 25.3 Å². The Morgan fingerprint density at radius 2 is 1.31 bits per heavy atom. The molecule has 144 valence electrons. The van der Waals surface area contributed by atoms with Crippen molar-refractivity contribution in [1.82, 2.24) is 0 Å². The fourth-order valence-electron chi connectivity index (χ4n) is 3.07. The Kier molecular flexibility index (Phi) is 15.8. The summed E-state index contributed by atoms with van der Waals surface area (Å²) in [5, 5.41) is 11.8. The van der Waals surface area contributed by atoms with Gasteiger partial charge >= 0.3 is 51.4 Å². The van der Waals surface area contributed by atoms with Crippen LogP contribution in [0.4, 0.5) is 0 Å². The molecular formula is C20H33KO4S. The van der Waals surface area contributed by atoms with Gasteiger partial charge in [-0.1, -0.05) is 89.2 Å². The molecule has 0 saturated heterocycles. The predicted molar refractivity (Wildman–Crippen MR) is 100 cm³/mol. The molecule has 1 N–H and O–H groups in total. The molecule has 1 aromatic rings. The first-order valence-corrected chi connectivity index (χ1v) is 11.2. The van der Waals surface area contributed by atoms with Gasteiger partial charge < -0.3 is 5.11 Å². The molecule has 1 rings (SSSR count). The van der Waals surface area contributed by atoms with Crippen molar-refractivity contribution in [2.45, 2.75) is 95.3 Å². The Bertz CT molecular complexity index is 587. The van der Waals surface area contributed by atoms with Crippen LogP contribution in [0.5, 0.6) is 5.75 Å². The number of unbranched alkanes of at least 4 members (excludes halogenated alkanes) is 11. The fraction of sp³-hybridized carbons (Fsp3) is 0.700. The Morgan fingerprint density at radius 3 is 1.77 bits per heavy atom. The van der Waals surface area contributed by atoms with Gasteiger partial charge in [0, 0.05) is 0 Å². The number of hydrogen-bond acceptors (Lipinski definition) is 3. The van der Waals surface area contributed by atoms with Crippen LogP contribution in [0.15, 0.2) is 23.1 Å². The second-order valence-corrected chi connectivity index (χ2v) is 8.31. The van der Waals surface area contributed by atoms with E-state index in [4.69, 9.17) is 4.55 Å². The molecule has 26 heavy (non-hydrogen) atoms. The van der Waals surface area contributed by atoms with Crippen LogP contribution in [0, 0.1) is 0 Å². The molecule has 0 fully saturated rings. The normalized spacial score (nSPS) is 11.3. The molecule has 0 aliphatic heterocycles. The minimum atomic E-state index is -4.24. The molecule has 0 bridgehead atoms. The van der Waals surface area contributed by atoms with Crippen molar-refractivity contribution in [3.63, 3.8) is 0 Å². The van der Waals surface area contributed by atoms with E-state index in [2.05, 4.69) is 6.92 Å². The van der Waals surface area contributed by atoms with Crippen molar-refractivity contribution in [3.8, 4) is 5.75 Å². The Balaban J connectivity index is 0.00000625. The van der Waals surface area contributed by atoms with Crippen molar-refractivity contribution in [2.24, 2.45) is 0 Å². The monoisotopic (exact) mass is 408 g/mol. The zero-order valence-electron chi connectivity index (χ0n) is 16.5. The molecule has 0 aliphatic rings. The van der Waals surface area contributed by atoms with Gasteiger partial charge in [-0.3, -0.25) is 4.55 Å². The van der Waals surface area contributed by atoms with Crippen molar-refractivity contribution < 1.29 is 69.5 Å². The molecule has 0 aromatic heterocycles. The first-order chi connectivity index (χ1) is 11.9. The van der Waals surface area contributed by atoms with Crippen LogP contribution in [0.1, 0.15) is 89.5 Å². The maximum Gasteiger partial charge on any atom is 1.00 e. The Hall–Kier alpha value is 0.566. The molecule has 0 heterocycles. The summed E-state index contributed by atoms with van der Waals surface area (Å²) in [6.45, 7) is 2.24. The average Bonchev–Trinajstić information content (AvgIpc) is 2.56. The van der Waals surface area contributed by atoms with Crippen molar-refractivity contribution in [1.29, 1.82) is 0 Å². The summed E-state index contributed by atoms with van der Waals surface area (Å²) in [5.41, 5.74) is 0.474. The van der Waals surface area contributed by atoms with Gasteiger partial charge in [0.15, 0.2) is 0 Å². The van der Waals surface area contributed by atoms with E-state index in [1.165, 1.54) is 69.9 Å². The van der Waals surface area contributed by atoms with Crippen molar-refractivity contribution >= 4 is 10.1 Å². The summed E-state index contributed by atoms with van der Waals surface area (Å²) < 4.78 is 31.3. The number of benzene rings is 1. The third kappa shape index (κ3) is 12.1. The summed E-state index contributed by atoms with van der Waals surface area (Å²) >= 11 is 0. The van der Waals surface area contributed by atoms with Gasteiger partial charge in [-0.25, -0.2) is 0 Å². The van der Waals surface area contributed by atoms with E-state index in [-0.39, 0.29) is 62.0 Å². The van der Waals surface area contributed by atoms with Gasteiger partial charge in [-0.2, -0.15) is 8.42 Å². The van der Waals surface area contributed by atoms with Crippen LogP contribution in [-0.4, -0.2) is 13.0 Å². The van der Waals surface area contributed by atoms with E-state index in [1.54, 1.807) is 0 Å². The molecule has 0 aliphatic carbocycles. The van der Waals surface area contributed by atoms with Crippen molar-refractivity contribution in [2.75, 3.05) is 0 Å². The number of rotatable bonds is 14. The maximum absolute atomic E-state index is 11.8. The summed E-state index contributed by atoms with van der Waals surface area (Å²) in [5.74, 6) is -0.157. The summed E-state index contributed by atoms with van der Waals surface area (Å²) in [6, 6.07) is 3.68. The van der Waals surface area contributed by atoms with Crippen molar-refractivity contribution in [3.05, 3.63) is 23.8 Å². The number of hydrogen-bond donors (Lipinski definition) is 1. The predicted octanol–water partition coefficient (Wildman–Crippen LogP) is 2.25. The van der Waals surface area contributed by atoms with Gasteiger partial charge in [-0.05, 0) is 25.0 Å². The van der Waals surface area contributed by atoms with Gasteiger partial charge in [0.2, 0.25) is 0 Å². The average molecular weight is 409 g/mol. The topological polar surface area (TPSA) is 77.4 Å². The smallest absolute Gasteiger partial charge is 0.872 e. The molecule has 1 aromatic carbocycles. The van der Waals surface area contributed by atoms with E-state index in [0.29, 0.717) is 12.0 Å². The minimum absolute atomic E-state index is 0. The first-order valence-electron chi connectivity index (χ1n) is 9.72. The molecule has 6 heteroatoms. The van der Waals surface area contributed by atoms with E-state index >= 15 is 0 Å². The molecular weight excluding hydrogens is 375 g/mol. The molecule has 0 amide bonds. The largest absolute Gasteiger partial charge is 1.00 e. The van der Waals surface area contributed by atoms with Gasteiger partial charge in [0.05, 0.1) is 4.90 Å². The van der Waals surface area contributed by atoms with Crippen LogP contribution < -0.4 is 56.5 Å². The fourth-order valence-corrected chi connectivity index (χ4v) is 3.60. The molecule has 0 spiro atoms. The summed E-state index contributed by atoms with van der Waals surface area (Å²) in [4.78, 5) is -0.193. The molecule has 4 nitrogen and oxygen atoms in total. The molecule has 0 saturated carbocycles. The minimum Gasteiger partial charge on any atom is -0.872 e. The van der Waals surface area contributed by atoms with Crippen LogP contribution in [-0.2, 0) is 16.5 Å². The number of aryl methyl sites for hydroxylation is 1. The summed E-state index contributed by atoms with van der Waals surface area (Å²) in [6.07, 6.45) is 15.6. The van der Waals surface area contributed by atoms with E-state index in [9.17, 15) is 13.5 Å². The third-order valence-electron chi connectivity index (χ3n) is 4.63. The van der Waals surface area contributed by atoms with Gasteiger partial charge in [0.1, 0.15) is 0 Å². The zero-order chi connectivity index (χ0) is 18.5. The Labute approximate surface area is 202 Å². The quantitative estimate of drug-likeness (QED) is 0.291. The second-order valence-electron chi connectivity index (χ2n) is 6.88. The Morgan fingerprint density at radius 1 is 0.846 bits per heavy atom. The van der Waals surface area contributed by atoms with E-state index < -0.39 is 10.1 Å². The zero-order valence-corrected chi connectivity index (χ0v) is 20.4. The standard InChI is InChI=1S/C20H34O4S.K/c1-2-3-4-5-6-7-8-9-10-11-12-13-14-18-17-19(25(22,23)24)15-16-20(18)21;/h15-17,21H,2-14H2,1H3,(H,22,23,24);/q;+1/p-1. The van der Waals surface area contributed by atoms with Gasteiger partial charge in [-0.15, -0.1) is 5.75 Å². The van der Waals surface area contributed by atoms with Gasteiger partial charge in [0.25, 0.3) is 10.1 Å². The summed E-state index contributed by atoms with van der Waals surface area (Å²) in [7, 11) is -4.24. The first kappa shape index (κ1) is 26.6. The van der Waals surface area contributed by atoms with Crippen LogP contribution in [0.2, 0.25) is 0 Å². The molecule has 0 radical (unpaired) electrons. The van der Waals surface area contributed by atoms with Crippen LogP contribution in [0.3, 0.4) is 0 Å². The molecule has 0 unspecified atom stereocenters. The van der Waals surface area contributed by atoms with E-state index in [1.807, 2.05) is 0 Å². The SMILES string of the molecule is CCCCCCCCCCCCCCc1cc(S(=O)(=O)O)ccc1[O-].[K+]. The van der Waals surface area contributed by atoms with Crippen LogP contribution in [0.25, 0.3) is 0 Å². The second kappa shape index (κ2) is 15.5. The van der Waals surface area contributed by atoms with Crippen LogP contribution >= 0.6 is 0 Å². The third-order valence-corrected chi connectivity index (χ3v) is 5.48. The maximum atomic E-state index is 11.8.